The Labute approximate surface area is 234 Å². The number of nitrogens with zero attached hydrogens (tertiary/aromatic N) is 3. The van der Waals surface area contributed by atoms with Crippen LogP contribution in [-0.4, -0.2) is 68.4 Å². The number of rotatable bonds is 7. The molecule has 1 unspecified atom stereocenters. The van der Waals surface area contributed by atoms with E-state index in [1.54, 1.807) is 6.26 Å². The van der Waals surface area contributed by atoms with Crippen molar-refractivity contribution < 1.29 is 9.00 Å². The predicted molar refractivity (Wildman–Crippen MR) is 158 cm³/mol. The van der Waals surface area contributed by atoms with Crippen molar-refractivity contribution >= 4 is 60.9 Å². The van der Waals surface area contributed by atoms with Crippen molar-refractivity contribution in [2.75, 3.05) is 39.5 Å². The van der Waals surface area contributed by atoms with Gasteiger partial charge in [-0.15, -0.1) is 0 Å². The van der Waals surface area contributed by atoms with Crippen molar-refractivity contribution in [2.24, 2.45) is 11.7 Å². The molecule has 7 nitrogen and oxygen atoms in total. The van der Waals surface area contributed by atoms with Gasteiger partial charge in [-0.1, -0.05) is 42.5 Å². The molecule has 0 spiro atoms. The number of nitrogens with one attached hydrogen (secondary N) is 1. The highest BCUT2D eigenvalue weighted by Crippen LogP contribution is 2.40. The van der Waals surface area contributed by atoms with Crippen molar-refractivity contribution in [3.8, 4) is 11.1 Å². The van der Waals surface area contributed by atoms with Gasteiger partial charge in [0.25, 0.3) is 0 Å². The third kappa shape index (κ3) is 5.40. The molecule has 3 aromatic rings. The number of carbonyl (C=O) groups excluding carboxylic acids is 1. The van der Waals surface area contributed by atoms with Crippen LogP contribution in [-0.2, 0) is 22.3 Å². The molecule has 0 bridgehead atoms. The molecule has 2 fully saturated rings. The molecule has 3 N–H and O–H groups in total. The maximum atomic E-state index is 12.6. The van der Waals surface area contributed by atoms with E-state index in [0.717, 1.165) is 76.7 Å². The zero-order valence-corrected chi connectivity index (χ0v) is 24.3. The van der Waals surface area contributed by atoms with Gasteiger partial charge in [-0.25, -0.2) is 8.51 Å². The lowest BCUT2D eigenvalue weighted by molar-refractivity contribution is -0.129. The van der Waals surface area contributed by atoms with Crippen LogP contribution in [0.15, 0.2) is 47.1 Å². The molecular formula is C27H32BrN5O2S2. The summed E-state index contributed by atoms with van der Waals surface area (Å²) in [5, 5.41) is 4.26. The molecule has 2 aromatic carbocycles. The van der Waals surface area contributed by atoms with Crippen LogP contribution in [0.4, 0.5) is 0 Å². The summed E-state index contributed by atoms with van der Waals surface area (Å²) in [7, 11) is 1.07. The van der Waals surface area contributed by atoms with E-state index in [0.29, 0.717) is 11.5 Å². The summed E-state index contributed by atoms with van der Waals surface area (Å²) in [5.41, 5.74) is 11.1. The molecule has 2 aliphatic rings. The van der Waals surface area contributed by atoms with Gasteiger partial charge in [0.05, 0.1) is 22.4 Å². The Kier molecular flexibility index (Phi) is 7.83. The SMILES string of the molecule is CN1CC(C(=O)NCc2ccc3c(-c4cccc(C(N)=S)c4)cn(C4CCN(S(C)=O)CC4)c3c2Br)C1. The Morgan fingerprint density at radius 1 is 1.22 bits per heavy atom. The minimum Gasteiger partial charge on any atom is -0.389 e. The zero-order chi connectivity index (χ0) is 26.3. The number of likely N-dealkylation sites (tertiary alicyclic amines) is 1. The number of halogens is 1. The number of hydrogen-bond donors (Lipinski definition) is 2. The largest absolute Gasteiger partial charge is 0.389 e. The van der Waals surface area contributed by atoms with E-state index in [1.807, 2.05) is 29.6 Å². The first-order valence-electron chi connectivity index (χ1n) is 12.5. The topological polar surface area (TPSA) is 83.6 Å². The van der Waals surface area contributed by atoms with Crippen LogP contribution in [0.2, 0.25) is 0 Å². The van der Waals surface area contributed by atoms with Gasteiger partial charge in [-0.05, 0) is 53.0 Å². The average Bonchev–Trinajstić information content (AvgIpc) is 3.27. The second-order valence-corrected chi connectivity index (χ2v) is 12.6. The Morgan fingerprint density at radius 2 is 1.95 bits per heavy atom. The molecule has 1 atom stereocenters. The molecule has 1 aromatic heterocycles. The van der Waals surface area contributed by atoms with Crippen LogP contribution in [0.3, 0.4) is 0 Å². The van der Waals surface area contributed by atoms with Gasteiger partial charge in [-0.2, -0.15) is 0 Å². The van der Waals surface area contributed by atoms with Crippen LogP contribution in [0.1, 0.15) is 30.0 Å². The molecule has 10 heteroatoms. The lowest BCUT2D eigenvalue weighted by Crippen LogP contribution is -2.51. The first kappa shape index (κ1) is 26.5. The molecule has 2 saturated heterocycles. The summed E-state index contributed by atoms with van der Waals surface area (Å²) < 4.78 is 17.4. The minimum absolute atomic E-state index is 0.0678. The third-order valence-electron chi connectivity index (χ3n) is 7.54. The number of amides is 1. The normalized spacial score (nSPS) is 18.6. The summed E-state index contributed by atoms with van der Waals surface area (Å²) in [6, 6.07) is 12.6. The Bertz CT molecular complexity index is 1380. The van der Waals surface area contributed by atoms with Gasteiger partial charge in [0, 0.05) is 72.2 Å². The van der Waals surface area contributed by atoms with Crippen molar-refractivity contribution in [3.05, 3.63) is 58.2 Å². The van der Waals surface area contributed by atoms with Crippen LogP contribution in [0.25, 0.3) is 22.0 Å². The van der Waals surface area contributed by atoms with E-state index in [1.165, 1.54) is 0 Å². The predicted octanol–water partition coefficient (Wildman–Crippen LogP) is 3.81. The molecule has 1 amide bonds. The van der Waals surface area contributed by atoms with E-state index in [2.05, 4.69) is 55.1 Å². The first-order valence-corrected chi connectivity index (χ1v) is 15.2. The fourth-order valence-corrected chi connectivity index (χ4v) is 6.96. The van der Waals surface area contributed by atoms with Crippen molar-refractivity contribution in [1.29, 1.82) is 0 Å². The molecule has 5 rings (SSSR count). The fourth-order valence-electron chi connectivity index (χ4n) is 5.41. The summed E-state index contributed by atoms with van der Waals surface area (Å²) >= 11 is 9.14. The molecule has 2 aliphatic heterocycles. The smallest absolute Gasteiger partial charge is 0.225 e. The standard InChI is InChI=1S/C27H32BrN5O2S2/c1-31-14-20(15-31)27(34)30-13-19-6-7-22-23(17-4-3-5-18(12-17)26(29)36)16-33(25(22)24(19)28)21-8-10-32(11-9-21)37(2)35/h3-7,12,16,20-21H,8-11,13-15H2,1-2H3,(H2,29,36)(H,30,34). The molecule has 0 saturated carbocycles. The highest BCUT2D eigenvalue weighted by molar-refractivity contribution is 9.10. The maximum Gasteiger partial charge on any atom is 0.225 e. The number of fused-ring (bicyclic) bond motifs is 1. The number of benzene rings is 2. The van der Waals surface area contributed by atoms with E-state index in [-0.39, 0.29) is 17.9 Å². The van der Waals surface area contributed by atoms with Gasteiger partial charge in [0.1, 0.15) is 4.99 Å². The lowest BCUT2D eigenvalue weighted by atomic mass is 10.00. The van der Waals surface area contributed by atoms with Crippen LogP contribution in [0, 0.1) is 5.92 Å². The van der Waals surface area contributed by atoms with Crippen LogP contribution < -0.4 is 11.1 Å². The second-order valence-electron chi connectivity index (χ2n) is 10.0. The molecule has 37 heavy (non-hydrogen) atoms. The number of aromatic nitrogens is 1. The molecule has 3 heterocycles. The Balaban J connectivity index is 1.52. The van der Waals surface area contributed by atoms with Gasteiger partial charge in [0.2, 0.25) is 5.91 Å². The number of carbonyl (C=O) groups is 1. The van der Waals surface area contributed by atoms with Gasteiger partial charge >= 0.3 is 0 Å². The third-order valence-corrected chi connectivity index (χ3v) is 9.75. The van der Waals surface area contributed by atoms with Crippen LogP contribution >= 0.6 is 28.1 Å². The number of piperidine rings is 1. The van der Waals surface area contributed by atoms with E-state index in [4.69, 9.17) is 18.0 Å². The number of hydrogen-bond acceptors (Lipinski definition) is 4. The molecule has 0 radical (unpaired) electrons. The second kappa shape index (κ2) is 10.9. The van der Waals surface area contributed by atoms with E-state index >= 15 is 0 Å². The molecular weight excluding hydrogens is 570 g/mol. The maximum absolute atomic E-state index is 12.6. The number of thiocarbonyl (C=S) groups is 1. The summed E-state index contributed by atoms with van der Waals surface area (Å²) in [4.78, 5) is 15.1. The van der Waals surface area contributed by atoms with Crippen molar-refractivity contribution in [3.63, 3.8) is 0 Å². The van der Waals surface area contributed by atoms with Gasteiger partial charge < -0.3 is 20.5 Å². The average molecular weight is 603 g/mol. The molecule has 0 aliphatic carbocycles. The Morgan fingerprint density at radius 3 is 2.59 bits per heavy atom. The van der Waals surface area contributed by atoms with Crippen LogP contribution in [0.5, 0.6) is 0 Å². The van der Waals surface area contributed by atoms with E-state index < -0.39 is 11.0 Å². The summed E-state index contributed by atoms with van der Waals surface area (Å²) in [6.07, 6.45) is 5.80. The first-order chi connectivity index (χ1) is 17.7. The summed E-state index contributed by atoms with van der Waals surface area (Å²) in [5.74, 6) is 0.175. The van der Waals surface area contributed by atoms with Gasteiger partial charge in [0.15, 0.2) is 0 Å². The Hall–Kier alpha value is -2.11. The zero-order valence-electron chi connectivity index (χ0n) is 21.1. The minimum atomic E-state index is -0.952. The van der Waals surface area contributed by atoms with Crippen molar-refractivity contribution in [1.82, 2.24) is 19.1 Å². The lowest BCUT2D eigenvalue weighted by Gasteiger charge is -2.34. The monoisotopic (exact) mass is 601 g/mol. The fraction of sp³-hybridized carbons (Fsp3) is 0.407. The quantitative estimate of drug-likeness (QED) is 0.402. The molecule has 196 valence electrons. The number of nitrogens with two attached hydrogens (primary N) is 1. The highest BCUT2D eigenvalue weighted by Gasteiger charge is 2.30. The summed E-state index contributed by atoms with van der Waals surface area (Å²) in [6.45, 7) is 3.68. The van der Waals surface area contributed by atoms with Gasteiger partial charge in [-0.3, -0.25) is 4.79 Å². The van der Waals surface area contributed by atoms with Crippen molar-refractivity contribution in [2.45, 2.75) is 25.4 Å². The van der Waals surface area contributed by atoms with E-state index in [9.17, 15) is 9.00 Å². The highest BCUT2D eigenvalue weighted by atomic mass is 79.9.